The number of nitrogens with one attached hydrogen (secondary N) is 1. The summed E-state index contributed by atoms with van der Waals surface area (Å²) in [6.07, 6.45) is 5.41. The van der Waals surface area contributed by atoms with Crippen LogP contribution in [-0.2, 0) is 11.2 Å². The summed E-state index contributed by atoms with van der Waals surface area (Å²) in [4.78, 5) is 12.3. The van der Waals surface area contributed by atoms with Crippen LogP contribution in [0.5, 0.6) is 11.5 Å². The lowest BCUT2D eigenvalue weighted by Crippen LogP contribution is -2.12. The van der Waals surface area contributed by atoms with Crippen molar-refractivity contribution in [3.8, 4) is 11.5 Å². The summed E-state index contributed by atoms with van der Waals surface area (Å²) in [7, 11) is 0. The van der Waals surface area contributed by atoms with Gasteiger partial charge in [0.2, 0.25) is 11.0 Å². The van der Waals surface area contributed by atoms with Gasteiger partial charge in [-0.25, -0.2) is 0 Å². The minimum Gasteiger partial charge on any atom is -0.490 e. The fourth-order valence-electron chi connectivity index (χ4n) is 2.48. The van der Waals surface area contributed by atoms with E-state index in [9.17, 15) is 4.79 Å². The molecule has 0 fully saturated rings. The fraction of sp³-hybridized carbons (Fsp3) is 0.571. The predicted octanol–water partition coefficient (Wildman–Crippen LogP) is 5.58. The van der Waals surface area contributed by atoms with Gasteiger partial charge in [-0.3, -0.25) is 4.79 Å². The third kappa shape index (κ3) is 8.62. The number of benzene rings is 1. The van der Waals surface area contributed by atoms with Crippen LogP contribution in [0, 0.1) is 0 Å². The molecule has 8 heteroatoms. The third-order valence-corrected chi connectivity index (χ3v) is 6.14. The monoisotopic (exact) mass is 437 g/mol. The zero-order valence-electron chi connectivity index (χ0n) is 17.5. The highest BCUT2D eigenvalue weighted by atomic mass is 32.2. The molecule has 0 saturated carbocycles. The van der Waals surface area contributed by atoms with Gasteiger partial charge < -0.3 is 14.8 Å². The summed E-state index contributed by atoms with van der Waals surface area (Å²) >= 11 is 3.11. The Morgan fingerprint density at radius 3 is 2.69 bits per heavy atom. The number of unbranched alkanes of at least 4 members (excludes halogenated alkanes) is 2. The first-order valence-electron chi connectivity index (χ1n) is 10.3. The van der Waals surface area contributed by atoms with Crippen LogP contribution >= 0.6 is 23.1 Å². The van der Waals surface area contributed by atoms with Gasteiger partial charge in [-0.05, 0) is 43.9 Å². The summed E-state index contributed by atoms with van der Waals surface area (Å²) < 4.78 is 12.4. The maximum Gasteiger partial charge on any atom is 0.226 e. The van der Waals surface area contributed by atoms with Crippen molar-refractivity contribution in [2.45, 2.75) is 63.6 Å². The Morgan fingerprint density at radius 2 is 1.93 bits per heavy atom. The number of carbonyl (C=O) groups is 1. The summed E-state index contributed by atoms with van der Waals surface area (Å²) in [5.74, 6) is 2.46. The van der Waals surface area contributed by atoms with Gasteiger partial charge in [-0.2, -0.15) is 0 Å². The molecule has 2 rings (SSSR count). The first-order valence-corrected chi connectivity index (χ1v) is 12.1. The van der Waals surface area contributed by atoms with Gasteiger partial charge in [0.25, 0.3) is 0 Å². The highest BCUT2D eigenvalue weighted by molar-refractivity contribution is 8.01. The second-order valence-electron chi connectivity index (χ2n) is 6.54. The lowest BCUT2D eigenvalue weighted by molar-refractivity contribution is -0.116. The quantitative estimate of drug-likeness (QED) is 0.236. The highest BCUT2D eigenvalue weighted by Gasteiger charge is 2.11. The number of nitrogens with zero attached hydrogens (tertiary/aromatic N) is 2. The van der Waals surface area contributed by atoms with Crippen molar-refractivity contribution in [1.82, 2.24) is 10.2 Å². The van der Waals surface area contributed by atoms with Gasteiger partial charge in [0.05, 0.1) is 13.2 Å². The van der Waals surface area contributed by atoms with E-state index in [-0.39, 0.29) is 5.91 Å². The lowest BCUT2D eigenvalue weighted by atomic mass is 10.1. The molecular weight excluding hydrogens is 406 g/mol. The van der Waals surface area contributed by atoms with Crippen LogP contribution in [0.4, 0.5) is 5.13 Å². The molecular formula is C21H31N3O3S2. The van der Waals surface area contributed by atoms with Gasteiger partial charge in [0.1, 0.15) is 0 Å². The van der Waals surface area contributed by atoms with E-state index in [4.69, 9.17) is 9.47 Å². The van der Waals surface area contributed by atoms with Crippen LogP contribution < -0.4 is 14.8 Å². The van der Waals surface area contributed by atoms with E-state index in [0.29, 0.717) is 31.2 Å². The molecule has 1 aromatic carbocycles. The Morgan fingerprint density at radius 1 is 1.10 bits per heavy atom. The van der Waals surface area contributed by atoms with E-state index >= 15 is 0 Å². The standard InChI is InChI=1S/C21H31N3O3S2/c1-4-7-13-27-17-11-9-16(15-18(17)26-6-3)10-12-19(25)22-20-23-24-21(29-20)28-14-8-5-2/h9,11,15H,4-8,10,12-14H2,1-3H3,(H,22,23,25). The Balaban J connectivity index is 1.85. The molecule has 0 aliphatic rings. The minimum atomic E-state index is -0.0625. The van der Waals surface area contributed by atoms with Crippen LogP contribution in [0.3, 0.4) is 0 Å². The van der Waals surface area contributed by atoms with E-state index in [1.54, 1.807) is 11.8 Å². The number of hydrogen-bond acceptors (Lipinski definition) is 7. The molecule has 1 aromatic heterocycles. The molecule has 0 spiro atoms. The topological polar surface area (TPSA) is 73.3 Å². The third-order valence-electron chi connectivity index (χ3n) is 4.08. The molecule has 0 atom stereocenters. The summed E-state index contributed by atoms with van der Waals surface area (Å²) in [6.45, 7) is 7.50. The van der Waals surface area contributed by atoms with Gasteiger partial charge in [-0.15, -0.1) is 10.2 Å². The number of ether oxygens (including phenoxy) is 2. The molecule has 0 radical (unpaired) electrons. The average Bonchev–Trinajstić information content (AvgIpc) is 3.15. The van der Waals surface area contributed by atoms with E-state index in [1.807, 2.05) is 25.1 Å². The first kappa shape index (κ1) is 23.5. The minimum absolute atomic E-state index is 0.0625. The maximum atomic E-state index is 12.3. The van der Waals surface area contributed by atoms with Crippen LogP contribution in [0.1, 0.15) is 58.4 Å². The highest BCUT2D eigenvalue weighted by Crippen LogP contribution is 2.29. The van der Waals surface area contributed by atoms with Crippen molar-refractivity contribution >= 4 is 34.1 Å². The van der Waals surface area contributed by atoms with Crippen LogP contribution in [0.25, 0.3) is 0 Å². The molecule has 0 unspecified atom stereocenters. The number of rotatable bonds is 14. The first-order chi connectivity index (χ1) is 14.2. The number of aryl methyl sites for hydroxylation is 1. The van der Waals surface area contributed by atoms with Gasteiger partial charge in [-0.1, -0.05) is 55.9 Å². The maximum absolute atomic E-state index is 12.3. The van der Waals surface area contributed by atoms with E-state index in [1.165, 1.54) is 11.3 Å². The van der Waals surface area contributed by atoms with Crippen LogP contribution in [-0.4, -0.2) is 35.1 Å². The van der Waals surface area contributed by atoms with Crippen molar-refractivity contribution < 1.29 is 14.3 Å². The van der Waals surface area contributed by atoms with Crippen molar-refractivity contribution in [3.63, 3.8) is 0 Å². The van der Waals surface area contributed by atoms with E-state index < -0.39 is 0 Å². The fourth-order valence-corrected chi connectivity index (χ4v) is 4.41. The van der Waals surface area contributed by atoms with Gasteiger partial charge >= 0.3 is 0 Å². The SMILES string of the molecule is CCCCOc1ccc(CCC(=O)Nc2nnc(SCCCC)s2)cc1OCC. The molecule has 160 valence electrons. The van der Waals surface area contributed by atoms with Crippen molar-refractivity contribution in [2.75, 3.05) is 24.3 Å². The zero-order chi connectivity index (χ0) is 20.9. The van der Waals surface area contributed by atoms with Crippen LogP contribution in [0.2, 0.25) is 0 Å². The number of amides is 1. The molecule has 1 heterocycles. The average molecular weight is 438 g/mol. The van der Waals surface area contributed by atoms with Crippen molar-refractivity contribution in [1.29, 1.82) is 0 Å². The van der Waals surface area contributed by atoms with Crippen LogP contribution in [0.15, 0.2) is 22.5 Å². The Bertz CT molecular complexity index is 753. The number of thioether (sulfide) groups is 1. The number of carbonyl (C=O) groups excluding carboxylic acids is 1. The number of anilines is 1. The Hall–Kier alpha value is -1.80. The largest absolute Gasteiger partial charge is 0.490 e. The molecule has 2 aromatic rings. The smallest absolute Gasteiger partial charge is 0.226 e. The number of aromatic nitrogens is 2. The summed E-state index contributed by atoms with van der Waals surface area (Å²) in [5, 5.41) is 11.6. The molecule has 0 aliphatic heterocycles. The van der Waals surface area contributed by atoms with Crippen molar-refractivity contribution in [2.24, 2.45) is 0 Å². The summed E-state index contributed by atoms with van der Waals surface area (Å²) in [6, 6.07) is 5.88. The molecule has 6 nitrogen and oxygen atoms in total. The van der Waals surface area contributed by atoms with Gasteiger partial charge in [0.15, 0.2) is 15.8 Å². The van der Waals surface area contributed by atoms with E-state index in [2.05, 4.69) is 29.4 Å². The van der Waals surface area contributed by atoms with Crippen molar-refractivity contribution in [3.05, 3.63) is 23.8 Å². The molecule has 1 amide bonds. The molecule has 29 heavy (non-hydrogen) atoms. The Kier molecular flexibility index (Phi) is 10.9. The summed E-state index contributed by atoms with van der Waals surface area (Å²) in [5.41, 5.74) is 1.04. The zero-order valence-corrected chi connectivity index (χ0v) is 19.2. The lowest BCUT2D eigenvalue weighted by Gasteiger charge is -2.13. The number of hydrogen-bond donors (Lipinski definition) is 1. The van der Waals surface area contributed by atoms with Gasteiger partial charge in [0, 0.05) is 12.2 Å². The Labute approximate surface area is 181 Å². The predicted molar refractivity (Wildman–Crippen MR) is 121 cm³/mol. The molecule has 0 bridgehead atoms. The normalized spacial score (nSPS) is 10.7. The molecule has 0 aliphatic carbocycles. The molecule has 0 saturated heterocycles. The second kappa shape index (κ2) is 13.4. The molecule has 1 N–H and O–H groups in total. The second-order valence-corrected chi connectivity index (χ2v) is 8.86. The van der Waals surface area contributed by atoms with E-state index in [0.717, 1.165) is 52.8 Å².